The van der Waals surface area contributed by atoms with Gasteiger partial charge in [-0.15, -0.1) is 0 Å². The van der Waals surface area contributed by atoms with E-state index < -0.39 is 6.04 Å². The van der Waals surface area contributed by atoms with Crippen molar-refractivity contribution in [2.45, 2.75) is 38.0 Å². The van der Waals surface area contributed by atoms with E-state index in [-0.39, 0.29) is 17.9 Å². The number of ether oxygens (including phenoxy) is 2. The second-order valence-corrected chi connectivity index (χ2v) is 8.14. The lowest BCUT2D eigenvalue weighted by Gasteiger charge is -2.19. The molecule has 1 fully saturated rings. The van der Waals surface area contributed by atoms with Crippen molar-refractivity contribution in [3.63, 3.8) is 0 Å². The van der Waals surface area contributed by atoms with E-state index in [2.05, 4.69) is 10.6 Å². The van der Waals surface area contributed by atoms with E-state index in [1.807, 2.05) is 60.7 Å². The van der Waals surface area contributed by atoms with Crippen LogP contribution in [0.2, 0.25) is 0 Å². The van der Waals surface area contributed by atoms with Gasteiger partial charge in [0.1, 0.15) is 12.6 Å². The molecule has 0 aromatic heterocycles. The first-order chi connectivity index (χ1) is 16.1. The molecule has 170 valence electrons. The van der Waals surface area contributed by atoms with Crippen molar-refractivity contribution in [1.29, 1.82) is 0 Å². The molecule has 0 spiro atoms. The molecule has 0 heterocycles. The molecule has 1 saturated carbocycles. The molecule has 3 aromatic carbocycles. The largest absolute Gasteiger partial charge is 0.493 e. The van der Waals surface area contributed by atoms with Gasteiger partial charge in [0, 0.05) is 18.0 Å². The summed E-state index contributed by atoms with van der Waals surface area (Å²) in [4.78, 5) is 25.8. The van der Waals surface area contributed by atoms with E-state index >= 15 is 0 Å². The van der Waals surface area contributed by atoms with Crippen LogP contribution in [-0.4, -0.2) is 31.0 Å². The molecule has 1 aliphatic carbocycles. The van der Waals surface area contributed by atoms with Crippen LogP contribution in [0.1, 0.15) is 34.3 Å². The van der Waals surface area contributed by atoms with Crippen LogP contribution < -0.4 is 20.1 Å². The minimum absolute atomic E-state index is 0.163. The van der Waals surface area contributed by atoms with Gasteiger partial charge in [0.2, 0.25) is 5.91 Å². The van der Waals surface area contributed by atoms with E-state index in [0.29, 0.717) is 30.1 Å². The summed E-state index contributed by atoms with van der Waals surface area (Å²) >= 11 is 0. The van der Waals surface area contributed by atoms with E-state index in [1.54, 1.807) is 18.2 Å². The molecule has 6 nitrogen and oxygen atoms in total. The summed E-state index contributed by atoms with van der Waals surface area (Å²) in [6, 6.07) is 24.1. The summed E-state index contributed by atoms with van der Waals surface area (Å²) in [5.41, 5.74) is 2.42. The fourth-order valence-electron chi connectivity index (χ4n) is 3.49. The second-order valence-electron chi connectivity index (χ2n) is 8.14. The van der Waals surface area contributed by atoms with Crippen molar-refractivity contribution >= 4 is 11.8 Å². The lowest BCUT2D eigenvalue weighted by molar-refractivity contribution is -0.123. The Morgan fingerprint density at radius 1 is 0.909 bits per heavy atom. The molecule has 0 bridgehead atoms. The third-order valence-electron chi connectivity index (χ3n) is 5.49. The van der Waals surface area contributed by atoms with Gasteiger partial charge in [-0.25, -0.2) is 0 Å². The summed E-state index contributed by atoms with van der Waals surface area (Å²) < 4.78 is 11.3. The highest BCUT2D eigenvalue weighted by molar-refractivity contribution is 5.98. The summed E-state index contributed by atoms with van der Waals surface area (Å²) in [7, 11) is 1.54. The Morgan fingerprint density at radius 2 is 1.58 bits per heavy atom. The van der Waals surface area contributed by atoms with Crippen LogP contribution in [0, 0.1) is 0 Å². The monoisotopic (exact) mass is 444 g/mol. The predicted molar refractivity (Wildman–Crippen MR) is 126 cm³/mol. The number of amides is 2. The third kappa shape index (κ3) is 6.35. The quantitative estimate of drug-likeness (QED) is 0.497. The Morgan fingerprint density at radius 3 is 2.21 bits per heavy atom. The van der Waals surface area contributed by atoms with Crippen LogP contribution >= 0.6 is 0 Å². The molecule has 1 atom stereocenters. The maximum atomic E-state index is 13.0. The van der Waals surface area contributed by atoms with Gasteiger partial charge in [0.05, 0.1) is 7.11 Å². The average Bonchev–Trinajstić information content (AvgIpc) is 3.67. The van der Waals surface area contributed by atoms with Gasteiger partial charge >= 0.3 is 0 Å². The van der Waals surface area contributed by atoms with E-state index in [9.17, 15) is 9.59 Å². The zero-order valence-corrected chi connectivity index (χ0v) is 18.6. The van der Waals surface area contributed by atoms with Crippen LogP contribution in [-0.2, 0) is 17.8 Å². The van der Waals surface area contributed by atoms with E-state index in [0.717, 1.165) is 24.0 Å². The van der Waals surface area contributed by atoms with Gasteiger partial charge in [0.15, 0.2) is 11.5 Å². The molecule has 1 unspecified atom stereocenters. The topological polar surface area (TPSA) is 76.7 Å². The lowest BCUT2D eigenvalue weighted by atomic mass is 10.0. The fraction of sp³-hybridized carbons (Fsp3) is 0.259. The van der Waals surface area contributed by atoms with Crippen molar-refractivity contribution in [1.82, 2.24) is 10.6 Å². The lowest BCUT2D eigenvalue weighted by Crippen LogP contribution is -2.48. The molecule has 4 rings (SSSR count). The first-order valence-corrected chi connectivity index (χ1v) is 11.1. The number of methoxy groups -OCH3 is 1. The summed E-state index contributed by atoms with van der Waals surface area (Å²) in [6.07, 6.45) is 2.39. The second kappa shape index (κ2) is 10.7. The SMILES string of the molecule is COc1cc(C(=O)NC(Cc2ccccc2)C(=O)NC2CC2)ccc1OCc1ccccc1. The van der Waals surface area contributed by atoms with Crippen molar-refractivity contribution in [2.24, 2.45) is 0 Å². The number of carbonyl (C=O) groups is 2. The highest BCUT2D eigenvalue weighted by Crippen LogP contribution is 2.29. The van der Waals surface area contributed by atoms with Gasteiger partial charge in [-0.2, -0.15) is 0 Å². The Bertz CT molecular complexity index is 1080. The summed E-state index contributed by atoms with van der Waals surface area (Å²) in [5, 5.41) is 5.89. The highest BCUT2D eigenvalue weighted by Gasteiger charge is 2.29. The van der Waals surface area contributed by atoms with Crippen LogP contribution in [0.5, 0.6) is 11.5 Å². The Labute approximate surface area is 193 Å². The fourth-order valence-corrected chi connectivity index (χ4v) is 3.49. The average molecular weight is 445 g/mol. The first-order valence-electron chi connectivity index (χ1n) is 11.1. The third-order valence-corrected chi connectivity index (χ3v) is 5.49. The summed E-state index contributed by atoms with van der Waals surface area (Å²) in [6.45, 7) is 0.392. The Kier molecular flexibility index (Phi) is 7.25. The molecule has 0 radical (unpaired) electrons. The molecule has 1 aliphatic rings. The Balaban J connectivity index is 1.45. The van der Waals surface area contributed by atoms with Gasteiger partial charge in [-0.3, -0.25) is 9.59 Å². The molecule has 0 saturated heterocycles. The van der Waals surface area contributed by atoms with Crippen molar-refractivity contribution in [3.05, 3.63) is 95.6 Å². The van der Waals surface area contributed by atoms with Crippen LogP contribution in [0.25, 0.3) is 0 Å². The van der Waals surface area contributed by atoms with Crippen LogP contribution in [0.3, 0.4) is 0 Å². The standard InChI is InChI=1S/C27H28N2O4/c1-32-25-17-21(12-15-24(25)33-18-20-10-6-3-7-11-20)26(30)29-23(27(31)28-22-13-14-22)16-19-8-4-2-5-9-19/h2-12,15,17,22-23H,13-14,16,18H2,1H3,(H,28,31)(H,29,30). The number of benzene rings is 3. The molecule has 2 amide bonds. The predicted octanol–water partition coefficient (Wildman–Crippen LogP) is 3.89. The number of rotatable bonds is 10. The van der Waals surface area contributed by atoms with E-state index in [4.69, 9.17) is 9.47 Å². The van der Waals surface area contributed by atoms with Crippen molar-refractivity contribution in [3.8, 4) is 11.5 Å². The van der Waals surface area contributed by atoms with Gasteiger partial charge < -0.3 is 20.1 Å². The van der Waals surface area contributed by atoms with Crippen LogP contribution in [0.4, 0.5) is 0 Å². The molecule has 6 heteroatoms. The number of hydrogen-bond donors (Lipinski definition) is 2. The maximum Gasteiger partial charge on any atom is 0.252 e. The maximum absolute atomic E-state index is 13.0. The van der Waals surface area contributed by atoms with Crippen molar-refractivity contribution in [2.75, 3.05) is 7.11 Å². The van der Waals surface area contributed by atoms with Crippen molar-refractivity contribution < 1.29 is 19.1 Å². The molecule has 33 heavy (non-hydrogen) atoms. The minimum atomic E-state index is -0.666. The zero-order chi connectivity index (χ0) is 23.0. The van der Waals surface area contributed by atoms with Gasteiger partial charge in [-0.05, 0) is 42.2 Å². The molecular formula is C27H28N2O4. The van der Waals surface area contributed by atoms with Gasteiger partial charge in [-0.1, -0.05) is 60.7 Å². The smallest absolute Gasteiger partial charge is 0.252 e. The van der Waals surface area contributed by atoms with Gasteiger partial charge in [0.25, 0.3) is 5.91 Å². The normalized spacial score (nSPS) is 13.6. The highest BCUT2D eigenvalue weighted by atomic mass is 16.5. The van der Waals surface area contributed by atoms with E-state index in [1.165, 1.54) is 7.11 Å². The molecule has 2 N–H and O–H groups in total. The molecule has 3 aromatic rings. The first kappa shape index (κ1) is 22.4. The molecule has 0 aliphatic heterocycles. The molecular weight excluding hydrogens is 416 g/mol. The van der Waals surface area contributed by atoms with Crippen LogP contribution in [0.15, 0.2) is 78.9 Å². The number of nitrogens with one attached hydrogen (secondary N) is 2. The number of hydrogen-bond acceptors (Lipinski definition) is 4. The minimum Gasteiger partial charge on any atom is -0.493 e. The number of carbonyl (C=O) groups excluding carboxylic acids is 2. The summed E-state index contributed by atoms with van der Waals surface area (Å²) in [5.74, 6) is 0.505. The Hall–Kier alpha value is -3.80. The zero-order valence-electron chi connectivity index (χ0n) is 18.6.